The number of nitrogens with zero attached hydrogens (tertiary/aromatic N) is 1. The first-order valence-electron chi connectivity index (χ1n) is 6.08. The van der Waals surface area contributed by atoms with Gasteiger partial charge in [-0.3, -0.25) is 4.90 Å². The summed E-state index contributed by atoms with van der Waals surface area (Å²) in [5, 5.41) is 3.65. The Morgan fingerprint density at radius 3 is 2.43 bits per heavy atom. The Balaban J connectivity index is 1.93. The van der Waals surface area contributed by atoms with Crippen molar-refractivity contribution in [3.63, 3.8) is 0 Å². The van der Waals surface area contributed by atoms with Crippen molar-refractivity contribution in [3.8, 4) is 0 Å². The molecule has 2 rings (SSSR count). The summed E-state index contributed by atoms with van der Waals surface area (Å²) in [6.07, 6.45) is 1.43. The normalized spacial score (nSPS) is 44.4. The zero-order valence-electron chi connectivity index (χ0n) is 9.96. The molecule has 1 aliphatic heterocycles. The van der Waals surface area contributed by atoms with Crippen molar-refractivity contribution in [1.29, 1.82) is 0 Å². The van der Waals surface area contributed by atoms with E-state index in [1.54, 1.807) is 0 Å². The largest absolute Gasteiger partial charge is 0.311 e. The maximum absolute atomic E-state index is 3.65. The minimum Gasteiger partial charge on any atom is -0.311 e. The van der Waals surface area contributed by atoms with Crippen LogP contribution in [0.15, 0.2) is 0 Å². The van der Waals surface area contributed by atoms with Crippen LogP contribution < -0.4 is 5.32 Å². The zero-order valence-corrected chi connectivity index (χ0v) is 9.96. The molecule has 4 unspecified atom stereocenters. The first kappa shape index (κ1) is 10.4. The average molecular weight is 196 g/mol. The third kappa shape index (κ3) is 1.96. The third-order valence-electron chi connectivity index (χ3n) is 3.95. The van der Waals surface area contributed by atoms with Gasteiger partial charge in [-0.25, -0.2) is 0 Å². The summed E-state index contributed by atoms with van der Waals surface area (Å²) in [5.74, 6) is 1.71. The summed E-state index contributed by atoms with van der Waals surface area (Å²) in [6, 6.07) is 2.34. The van der Waals surface area contributed by atoms with Crippen LogP contribution in [-0.2, 0) is 0 Å². The second-order valence-electron chi connectivity index (χ2n) is 5.58. The molecule has 1 N–H and O–H groups in total. The van der Waals surface area contributed by atoms with Crippen molar-refractivity contribution in [1.82, 2.24) is 10.2 Å². The van der Waals surface area contributed by atoms with Crippen LogP contribution in [0.1, 0.15) is 34.1 Å². The minimum absolute atomic E-state index is 0.707. The molecule has 2 fully saturated rings. The van der Waals surface area contributed by atoms with Gasteiger partial charge in [-0.2, -0.15) is 0 Å². The van der Waals surface area contributed by atoms with Gasteiger partial charge in [-0.1, -0.05) is 20.8 Å². The van der Waals surface area contributed by atoms with Gasteiger partial charge < -0.3 is 5.32 Å². The summed E-state index contributed by atoms with van der Waals surface area (Å²) < 4.78 is 0. The predicted molar refractivity (Wildman–Crippen MR) is 60.4 cm³/mol. The van der Waals surface area contributed by atoms with Crippen LogP contribution in [0.5, 0.6) is 0 Å². The molecule has 0 bridgehead atoms. The molecule has 0 radical (unpaired) electrons. The summed E-state index contributed by atoms with van der Waals surface area (Å²) >= 11 is 0. The van der Waals surface area contributed by atoms with Crippen LogP contribution in [0.3, 0.4) is 0 Å². The molecule has 0 amide bonds. The standard InChI is InChI=1S/C12H24N2/c1-8(2)11-7-14(10(4)6-13-11)12-5-9(12)3/h8-13H,5-7H2,1-4H3. The molecule has 0 aromatic carbocycles. The molecule has 0 aromatic heterocycles. The van der Waals surface area contributed by atoms with Gasteiger partial charge in [-0.15, -0.1) is 0 Å². The molecule has 4 atom stereocenters. The van der Waals surface area contributed by atoms with E-state index in [0.29, 0.717) is 6.04 Å². The van der Waals surface area contributed by atoms with Crippen LogP contribution >= 0.6 is 0 Å². The first-order valence-corrected chi connectivity index (χ1v) is 6.08. The van der Waals surface area contributed by atoms with Crippen molar-refractivity contribution < 1.29 is 0 Å². The summed E-state index contributed by atoms with van der Waals surface area (Å²) in [4.78, 5) is 2.73. The highest BCUT2D eigenvalue weighted by atomic mass is 15.3. The van der Waals surface area contributed by atoms with Gasteiger partial charge in [0.15, 0.2) is 0 Å². The highest BCUT2D eigenvalue weighted by molar-refractivity contribution is 4.98. The molecule has 2 heteroatoms. The quantitative estimate of drug-likeness (QED) is 0.723. The highest BCUT2D eigenvalue weighted by Gasteiger charge is 2.42. The average Bonchev–Trinajstić information content (AvgIpc) is 2.83. The lowest BCUT2D eigenvalue weighted by Crippen LogP contribution is -2.57. The Kier molecular flexibility index (Phi) is 2.85. The van der Waals surface area contributed by atoms with Gasteiger partial charge in [0.2, 0.25) is 0 Å². The Morgan fingerprint density at radius 1 is 1.29 bits per heavy atom. The maximum atomic E-state index is 3.65. The fraction of sp³-hybridized carbons (Fsp3) is 1.00. The van der Waals surface area contributed by atoms with Crippen LogP contribution in [0.2, 0.25) is 0 Å². The number of nitrogens with one attached hydrogen (secondary N) is 1. The highest BCUT2D eigenvalue weighted by Crippen LogP contribution is 2.37. The molecule has 1 heterocycles. The lowest BCUT2D eigenvalue weighted by molar-refractivity contribution is 0.111. The fourth-order valence-corrected chi connectivity index (χ4v) is 2.58. The van der Waals surface area contributed by atoms with E-state index in [-0.39, 0.29) is 0 Å². The summed E-state index contributed by atoms with van der Waals surface area (Å²) in [7, 11) is 0. The van der Waals surface area contributed by atoms with Gasteiger partial charge in [-0.05, 0) is 25.2 Å². The Hall–Kier alpha value is -0.0800. The van der Waals surface area contributed by atoms with E-state index in [2.05, 4.69) is 37.9 Å². The predicted octanol–water partition coefficient (Wildman–Crippen LogP) is 1.71. The Bertz CT molecular complexity index is 200. The molecular formula is C12H24N2. The number of piperazine rings is 1. The van der Waals surface area contributed by atoms with E-state index in [4.69, 9.17) is 0 Å². The molecule has 1 aliphatic carbocycles. The van der Waals surface area contributed by atoms with Crippen LogP contribution in [0, 0.1) is 11.8 Å². The molecule has 82 valence electrons. The van der Waals surface area contributed by atoms with E-state index in [1.165, 1.54) is 19.5 Å². The van der Waals surface area contributed by atoms with Crippen LogP contribution in [0.4, 0.5) is 0 Å². The Morgan fingerprint density at radius 2 is 1.93 bits per heavy atom. The number of hydrogen-bond donors (Lipinski definition) is 1. The second kappa shape index (κ2) is 3.82. The second-order valence-corrected chi connectivity index (χ2v) is 5.58. The molecule has 1 saturated heterocycles. The SMILES string of the molecule is CC(C)C1CN(C2CC2C)C(C)CN1. The van der Waals surface area contributed by atoms with E-state index < -0.39 is 0 Å². The van der Waals surface area contributed by atoms with Gasteiger partial charge in [0.25, 0.3) is 0 Å². The van der Waals surface area contributed by atoms with Crippen molar-refractivity contribution in [2.45, 2.75) is 52.2 Å². The maximum Gasteiger partial charge on any atom is 0.0218 e. The van der Waals surface area contributed by atoms with Crippen molar-refractivity contribution in [2.24, 2.45) is 11.8 Å². The molecule has 0 aromatic rings. The van der Waals surface area contributed by atoms with E-state index >= 15 is 0 Å². The van der Waals surface area contributed by atoms with Gasteiger partial charge in [0, 0.05) is 31.2 Å². The van der Waals surface area contributed by atoms with Crippen LogP contribution in [-0.4, -0.2) is 36.1 Å². The number of rotatable bonds is 2. The molecular weight excluding hydrogens is 172 g/mol. The van der Waals surface area contributed by atoms with Crippen LogP contribution in [0.25, 0.3) is 0 Å². The molecule has 2 nitrogen and oxygen atoms in total. The number of hydrogen-bond acceptors (Lipinski definition) is 2. The zero-order chi connectivity index (χ0) is 10.3. The summed E-state index contributed by atoms with van der Waals surface area (Å²) in [5.41, 5.74) is 0. The van der Waals surface area contributed by atoms with Crippen molar-refractivity contribution in [3.05, 3.63) is 0 Å². The lowest BCUT2D eigenvalue weighted by atomic mass is 9.99. The topological polar surface area (TPSA) is 15.3 Å². The fourth-order valence-electron chi connectivity index (χ4n) is 2.58. The van der Waals surface area contributed by atoms with E-state index in [0.717, 1.165) is 23.9 Å². The van der Waals surface area contributed by atoms with Gasteiger partial charge in [0.05, 0.1) is 0 Å². The smallest absolute Gasteiger partial charge is 0.0218 e. The third-order valence-corrected chi connectivity index (χ3v) is 3.95. The molecule has 14 heavy (non-hydrogen) atoms. The van der Waals surface area contributed by atoms with Crippen molar-refractivity contribution >= 4 is 0 Å². The first-order chi connectivity index (χ1) is 6.59. The van der Waals surface area contributed by atoms with Crippen molar-refractivity contribution in [2.75, 3.05) is 13.1 Å². The monoisotopic (exact) mass is 196 g/mol. The Labute approximate surface area is 88.1 Å². The van der Waals surface area contributed by atoms with Gasteiger partial charge >= 0.3 is 0 Å². The molecule has 2 aliphatic rings. The van der Waals surface area contributed by atoms with Gasteiger partial charge in [0.1, 0.15) is 0 Å². The van der Waals surface area contributed by atoms with E-state index in [9.17, 15) is 0 Å². The molecule has 0 spiro atoms. The lowest BCUT2D eigenvalue weighted by Gasteiger charge is -2.40. The summed E-state index contributed by atoms with van der Waals surface area (Å²) in [6.45, 7) is 11.8. The minimum atomic E-state index is 0.707. The molecule has 1 saturated carbocycles. The van der Waals surface area contributed by atoms with E-state index in [1.807, 2.05) is 0 Å².